The third kappa shape index (κ3) is 3.72. The van der Waals surface area contributed by atoms with Crippen LogP contribution < -0.4 is 0 Å². The van der Waals surface area contributed by atoms with Crippen LogP contribution in [0.3, 0.4) is 0 Å². The first-order valence-corrected chi connectivity index (χ1v) is 7.77. The molecular formula is C15H29N2+. The molecule has 98 valence electrons. The van der Waals surface area contributed by atoms with Gasteiger partial charge in [-0.25, -0.2) is 0 Å². The molecule has 0 spiro atoms. The maximum atomic E-state index is 2.70. The second-order valence-electron chi connectivity index (χ2n) is 5.62. The van der Waals surface area contributed by atoms with Crippen LogP contribution in [0.2, 0.25) is 0 Å². The summed E-state index contributed by atoms with van der Waals surface area (Å²) >= 11 is 0. The third-order valence-corrected chi connectivity index (χ3v) is 4.20. The molecule has 0 saturated heterocycles. The van der Waals surface area contributed by atoms with E-state index in [1.54, 1.807) is 5.84 Å². The van der Waals surface area contributed by atoms with Crippen LogP contribution in [0.15, 0.2) is 0 Å². The van der Waals surface area contributed by atoms with E-state index >= 15 is 0 Å². The maximum absolute atomic E-state index is 2.70. The molecule has 0 fully saturated rings. The SMILES string of the molecule is CCCCCCN1CCC[N+]2=C1CCCCC2. The summed E-state index contributed by atoms with van der Waals surface area (Å²) in [7, 11) is 0. The van der Waals surface area contributed by atoms with Crippen LogP contribution in [0.25, 0.3) is 0 Å². The van der Waals surface area contributed by atoms with Crippen LogP contribution in [0.1, 0.15) is 64.7 Å². The van der Waals surface area contributed by atoms with Gasteiger partial charge in [-0.1, -0.05) is 19.8 Å². The fourth-order valence-electron chi connectivity index (χ4n) is 3.20. The highest BCUT2D eigenvalue weighted by Crippen LogP contribution is 2.15. The summed E-state index contributed by atoms with van der Waals surface area (Å²) in [6.45, 7) is 7.56. The van der Waals surface area contributed by atoms with Crippen molar-refractivity contribution < 1.29 is 4.58 Å². The minimum atomic E-state index is 1.31. The van der Waals surface area contributed by atoms with Gasteiger partial charge in [0, 0.05) is 12.8 Å². The number of hydrogen-bond donors (Lipinski definition) is 0. The Morgan fingerprint density at radius 1 is 1.00 bits per heavy atom. The summed E-state index contributed by atoms with van der Waals surface area (Å²) in [6.07, 6.45) is 12.5. The molecule has 2 rings (SSSR count). The fourth-order valence-corrected chi connectivity index (χ4v) is 3.20. The molecule has 0 N–H and O–H groups in total. The first kappa shape index (κ1) is 12.9. The first-order chi connectivity index (χ1) is 8.42. The highest BCUT2D eigenvalue weighted by Gasteiger charge is 2.27. The van der Waals surface area contributed by atoms with E-state index in [-0.39, 0.29) is 0 Å². The van der Waals surface area contributed by atoms with Crippen molar-refractivity contribution in [1.82, 2.24) is 4.90 Å². The van der Waals surface area contributed by atoms with Crippen molar-refractivity contribution >= 4 is 5.84 Å². The number of nitrogens with zero attached hydrogens (tertiary/aromatic N) is 2. The molecule has 2 aliphatic heterocycles. The lowest BCUT2D eigenvalue weighted by atomic mass is 10.1. The number of rotatable bonds is 5. The maximum Gasteiger partial charge on any atom is 0.246 e. The minimum Gasteiger partial charge on any atom is -0.266 e. The van der Waals surface area contributed by atoms with Gasteiger partial charge >= 0.3 is 0 Å². The van der Waals surface area contributed by atoms with E-state index in [0.29, 0.717) is 0 Å². The van der Waals surface area contributed by atoms with Crippen LogP contribution in [0, 0.1) is 0 Å². The Morgan fingerprint density at radius 3 is 2.76 bits per heavy atom. The Kier molecular flexibility index (Phi) is 5.34. The zero-order chi connectivity index (χ0) is 11.9. The van der Waals surface area contributed by atoms with Gasteiger partial charge in [0.25, 0.3) is 0 Å². The van der Waals surface area contributed by atoms with Gasteiger partial charge in [-0.05, 0) is 32.1 Å². The van der Waals surface area contributed by atoms with Crippen molar-refractivity contribution in [2.75, 3.05) is 26.2 Å². The third-order valence-electron chi connectivity index (χ3n) is 4.20. The van der Waals surface area contributed by atoms with Gasteiger partial charge in [-0.15, -0.1) is 0 Å². The Balaban J connectivity index is 1.87. The topological polar surface area (TPSA) is 6.25 Å². The molecule has 2 heterocycles. The van der Waals surface area contributed by atoms with E-state index in [1.807, 2.05) is 0 Å². The molecule has 2 nitrogen and oxygen atoms in total. The van der Waals surface area contributed by atoms with E-state index in [1.165, 1.54) is 84.0 Å². The van der Waals surface area contributed by atoms with Gasteiger partial charge in [0.2, 0.25) is 5.84 Å². The van der Waals surface area contributed by atoms with Gasteiger partial charge in [0.15, 0.2) is 0 Å². The molecule has 2 aliphatic rings. The van der Waals surface area contributed by atoms with E-state index in [0.717, 1.165) is 0 Å². The second-order valence-corrected chi connectivity index (χ2v) is 5.62. The van der Waals surface area contributed by atoms with Crippen LogP contribution in [-0.2, 0) is 0 Å². The quantitative estimate of drug-likeness (QED) is 0.525. The lowest BCUT2D eigenvalue weighted by Crippen LogP contribution is -2.44. The first-order valence-electron chi connectivity index (χ1n) is 7.77. The molecule has 2 heteroatoms. The molecule has 0 aromatic carbocycles. The normalized spacial score (nSPS) is 21.4. The molecule has 0 aromatic rings. The largest absolute Gasteiger partial charge is 0.266 e. The van der Waals surface area contributed by atoms with Crippen LogP contribution in [0.4, 0.5) is 0 Å². The standard InChI is InChI=1S/C15H29N2/c1-2-3-4-7-11-16-13-9-14-17-12-8-5-6-10-15(16)17/h2-14H2,1H3/q+1. The monoisotopic (exact) mass is 237 g/mol. The Bertz CT molecular complexity index is 258. The zero-order valence-corrected chi connectivity index (χ0v) is 11.6. The summed E-state index contributed by atoms with van der Waals surface area (Å²) in [5, 5.41) is 0. The van der Waals surface area contributed by atoms with Gasteiger partial charge in [-0.2, -0.15) is 0 Å². The molecule has 0 aliphatic carbocycles. The average molecular weight is 237 g/mol. The lowest BCUT2D eigenvalue weighted by Gasteiger charge is -2.26. The van der Waals surface area contributed by atoms with E-state index in [9.17, 15) is 0 Å². The van der Waals surface area contributed by atoms with Crippen molar-refractivity contribution in [3.8, 4) is 0 Å². The molecule has 0 aromatic heterocycles. The predicted octanol–water partition coefficient (Wildman–Crippen LogP) is 3.26. The molecule has 0 radical (unpaired) electrons. The molecule has 0 bridgehead atoms. The summed E-state index contributed by atoms with van der Waals surface area (Å²) in [6, 6.07) is 0. The molecule has 0 amide bonds. The van der Waals surface area contributed by atoms with Gasteiger partial charge in [-0.3, -0.25) is 9.48 Å². The summed E-state index contributed by atoms with van der Waals surface area (Å²) in [4.78, 5) is 2.70. The van der Waals surface area contributed by atoms with Crippen LogP contribution in [-0.4, -0.2) is 41.5 Å². The summed E-state index contributed by atoms with van der Waals surface area (Å²) in [5.41, 5.74) is 0. The van der Waals surface area contributed by atoms with Gasteiger partial charge in [0.05, 0.1) is 26.2 Å². The second kappa shape index (κ2) is 7.03. The number of hydrogen-bond acceptors (Lipinski definition) is 1. The predicted molar refractivity (Wildman–Crippen MR) is 73.8 cm³/mol. The van der Waals surface area contributed by atoms with E-state index in [4.69, 9.17) is 0 Å². The van der Waals surface area contributed by atoms with Gasteiger partial charge in [0.1, 0.15) is 0 Å². The summed E-state index contributed by atoms with van der Waals surface area (Å²) in [5.74, 6) is 1.69. The van der Waals surface area contributed by atoms with Crippen LogP contribution in [0.5, 0.6) is 0 Å². The number of amidine groups is 1. The van der Waals surface area contributed by atoms with Gasteiger partial charge < -0.3 is 0 Å². The Labute approximate surface area is 107 Å². The zero-order valence-electron chi connectivity index (χ0n) is 11.6. The Morgan fingerprint density at radius 2 is 1.88 bits per heavy atom. The highest BCUT2D eigenvalue weighted by molar-refractivity contribution is 5.77. The Hall–Kier alpha value is -0.530. The lowest BCUT2D eigenvalue weighted by molar-refractivity contribution is -0.539. The molecule has 17 heavy (non-hydrogen) atoms. The number of unbranched alkanes of at least 4 members (excludes halogenated alkanes) is 3. The molecule has 0 saturated carbocycles. The minimum absolute atomic E-state index is 1.31. The van der Waals surface area contributed by atoms with Crippen molar-refractivity contribution in [2.24, 2.45) is 0 Å². The van der Waals surface area contributed by atoms with Crippen molar-refractivity contribution in [3.05, 3.63) is 0 Å². The van der Waals surface area contributed by atoms with Crippen molar-refractivity contribution in [3.63, 3.8) is 0 Å². The molecular weight excluding hydrogens is 208 g/mol. The van der Waals surface area contributed by atoms with Crippen LogP contribution >= 0.6 is 0 Å². The highest BCUT2D eigenvalue weighted by atomic mass is 15.3. The smallest absolute Gasteiger partial charge is 0.246 e. The summed E-state index contributed by atoms with van der Waals surface area (Å²) < 4.78 is 2.68. The van der Waals surface area contributed by atoms with Crippen molar-refractivity contribution in [1.29, 1.82) is 0 Å². The molecule has 0 unspecified atom stereocenters. The van der Waals surface area contributed by atoms with Crippen molar-refractivity contribution in [2.45, 2.75) is 64.7 Å². The van der Waals surface area contributed by atoms with E-state index < -0.39 is 0 Å². The fraction of sp³-hybridized carbons (Fsp3) is 0.933. The molecule has 0 atom stereocenters. The van der Waals surface area contributed by atoms with E-state index in [2.05, 4.69) is 16.4 Å². The average Bonchev–Trinajstić information content (AvgIpc) is 2.60.